The van der Waals surface area contributed by atoms with Crippen LogP contribution < -0.4 is 10.2 Å². The Kier molecular flexibility index (Phi) is 7.00. The van der Waals surface area contributed by atoms with Crippen molar-refractivity contribution in [3.05, 3.63) is 97.5 Å². The first-order valence-electron chi connectivity index (χ1n) is 8.17. The first kappa shape index (κ1) is 19.6. The Morgan fingerprint density at radius 2 is 1.74 bits per heavy atom. The van der Waals surface area contributed by atoms with Crippen LogP contribution >= 0.6 is 38.5 Å². The van der Waals surface area contributed by atoms with Gasteiger partial charge in [0.1, 0.15) is 12.4 Å². The number of carbonyl (C=O) groups excluding carboxylic acids is 1. The maximum Gasteiger partial charge on any atom is 0.272 e. The van der Waals surface area contributed by atoms with Crippen molar-refractivity contribution < 1.29 is 9.53 Å². The van der Waals surface area contributed by atoms with Crippen LogP contribution in [0.4, 0.5) is 0 Å². The van der Waals surface area contributed by atoms with Gasteiger partial charge in [0.2, 0.25) is 0 Å². The zero-order chi connectivity index (χ0) is 19.1. The fraction of sp³-hybridized carbons (Fsp3) is 0.0476. The molecule has 0 radical (unpaired) electrons. The average molecular weight is 535 g/mol. The predicted octanol–water partition coefficient (Wildman–Crippen LogP) is 5.40. The number of carbonyl (C=O) groups is 1. The van der Waals surface area contributed by atoms with E-state index in [-0.39, 0.29) is 5.91 Å². The Morgan fingerprint density at radius 3 is 2.52 bits per heavy atom. The minimum atomic E-state index is -0.281. The smallest absolute Gasteiger partial charge is 0.272 e. The maximum absolute atomic E-state index is 12.2. The van der Waals surface area contributed by atoms with E-state index in [9.17, 15) is 4.79 Å². The summed E-state index contributed by atoms with van der Waals surface area (Å²) in [7, 11) is 0. The summed E-state index contributed by atoms with van der Waals surface area (Å²) in [5, 5.41) is 4.06. The summed E-state index contributed by atoms with van der Waals surface area (Å²) >= 11 is 5.63. The zero-order valence-corrected chi connectivity index (χ0v) is 18.0. The summed E-state index contributed by atoms with van der Waals surface area (Å²) in [5.74, 6) is 0.422. The molecule has 0 unspecified atom stereocenters. The van der Waals surface area contributed by atoms with Gasteiger partial charge in [-0.2, -0.15) is 5.10 Å². The van der Waals surface area contributed by atoms with Gasteiger partial charge in [-0.1, -0.05) is 36.4 Å². The Bertz CT molecular complexity index is 958. The van der Waals surface area contributed by atoms with Gasteiger partial charge < -0.3 is 4.74 Å². The summed E-state index contributed by atoms with van der Waals surface area (Å²) in [6, 6.07) is 22.9. The second-order valence-electron chi connectivity index (χ2n) is 5.63. The molecule has 0 saturated carbocycles. The van der Waals surface area contributed by atoms with Crippen molar-refractivity contribution in [2.24, 2.45) is 5.10 Å². The molecule has 0 fully saturated rings. The first-order valence-corrected chi connectivity index (χ1v) is 10.0. The summed E-state index contributed by atoms with van der Waals surface area (Å²) in [5.41, 5.74) is 4.94. The van der Waals surface area contributed by atoms with Gasteiger partial charge in [0.05, 0.1) is 11.8 Å². The summed E-state index contributed by atoms with van der Waals surface area (Å²) in [6.07, 6.45) is 1.58. The van der Waals surface area contributed by atoms with Gasteiger partial charge in [-0.15, -0.1) is 0 Å². The predicted molar refractivity (Wildman–Crippen MR) is 119 cm³/mol. The van der Waals surface area contributed by atoms with Crippen LogP contribution in [-0.2, 0) is 6.61 Å². The molecule has 0 aliphatic rings. The number of hydrogen-bond acceptors (Lipinski definition) is 3. The Hall–Kier alpha value is -2.19. The lowest BCUT2D eigenvalue weighted by Gasteiger charge is -2.09. The lowest BCUT2D eigenvalue weighted by Crippen LogP contribution is -2.18. The van der Waals surface area contributed by atoms with E-state index < -0.39 is 0 Å². The lowest BCUT2D eigenvalue weighted by atomic mass is 10.2. The lowest BCUT2D eigenvalue weighted by molar-refractivity contribution is 0.0954. The SMILES string of the molecule is O=C(N/N=C\c1ccccc1OCc1ccc(I)cc1)c1ccccc1Br. The van der Waals surface area contributed by atoms with E-state index in [4.69, 9.17) is 4.74 Å². The van der Waals surface area contributed by atoms with E-state index in [0.29, 0.717) is 17.9 Å². The van der Waals surface area contributed by atoms with Crippen molar-refractivity contribution in [1.82, 2.24) is 5.43 Å². The van der Waals surface area contributed by atoms with Gasteiger partial charge in [0.15, 0.2) is 0 Å². The summed E-state index contributed by atoms with van der Waals surface area (Å²) in [4.78, 5) is 12.2. The number of hydrogen-bond donors (Lipinski definition) is 1. The van der Waals surface area contributed by atoms with Gasteiger partial charge in [-0.3, -0.25) is 4.79 Å². The minimum absolute atomic E-state index is 0.281. The molecule has 1 N–H and O–H groups in total. The molecule has 27 heavy (non-hydrogen) atoms. The molecule has 0 aliphatic carbocycles. The number of para-hydroxylation sites is 1. The molecule has 3 aromatic rings. The molecule has 0 saturated heterocycles. The van der Waals surface area contributed by atoms with E-state index in [0.717, 1.165) is 15.6 Å². The number of amides is 1. The van der Waals surface area contributed by atoms with E-state index in [2.05, 4.69) is 49.0 Å². The number of benzene rings is 3. The van der Waals surface area contributed by atoms with Gasteiger partial charge in [-0.25, -0.2) is 5.43 Å². The monoisotopic (exact) mass is 534 g/mol. The van der Waals surface area contributed by atoms with Crippen molar-refractivity contribution in [1.29, 1.82) is 0 Å². The molecule has 0 heterocycles. The molecule has 0 aromatic heterocycles. The second-order valence-corrected chi connectivity index (χ2v) is 7.73. The molecule has 0 spiro atoms. The van der Waals surface area contributed by atoms with Crippen LogP contribution in [0.5, 0.6) is 5.75 Å². The normalized spacial score (nSPS) is 10.7. The number of nitrogens with one attached hydrogen (secondary N) is 1. The van der Waals surface area contributed by atoms with Crippen molar-refractivity contribution in [2.45, 2.75) is 6.61 Å². The highest BCUT2D eigenvalue weighted by atomic mass is 127. The van der Waals surface area contributed by atoms with E-state index in [1.54, 1.807) is 18.3 Å². The van der Waals surface area contributed by atoms with E-state index in [1.165, 1.54) is 3.57 Å². The number of hydrazone groups is 1. The number of halogens is 2. The van der Waals surface area contributed by atoms with Crippen LogP contribution in [0, 0.1) is 3.57 Å². The first-order chi connectivity index (χ1) is 13.1. The fourth-order valence-electron chi connectivity index (χ4n) is 2.33. The highest BCUT2D eigenvalue weighted by molar-refractivity contribution is 14.1. The molecule has 136 valence electrons. The van der Waals surface area contributed by atoms with Crippen molar-refractivity contribution in [3.8, 4) is 5.75 Å². The summed E-state index contributed by atoms with van der Waals surface area (Å²) < 4.78 is 7.82. The zero-order valence-electron chi connectivity index (χ0n) is 14.2. The minimum Gasteiger partial charge on any atom is -0.488 e. The summed E-state index contributed by atoms with van der Waals surface area (Å²) in [6.45, 7) is 0.463. The van der Waals surface area contributed by atoms with Crippen LogP contribution in [0.25, 0.3) is 0 Å². The van der Waals surface area contributed by atoms with Crippen LogP contribution in [0.3, 0.4) is 0 Å². The van der Waals surface area contributed by atoms with E-state index in [1.807, 2.05) is 60.7 Å². The Morgan fingerprint density at radius 1 is 1.04 bits per heavy atom. The number of ether oxygens (including phenoxy) is 1. The topological polar surface area (TPSA) is 50.7 Å². The molecule has 3 rings (SSSR count). The Balaban J connectivity index is 1.65. The number of rotatable bonds is 6. The molecule has 4 nitrogen and oxygen atoms in total. The van der Waals surface area contributed by atoms with Gasteiger partial charge in [0, 0.05) is 13.6 Å². The highest BCUT2D eigenvalue weighted by Gasteiger charge is 2.08. The standard InChI is InChI=1S/C21H16BrIN2O2/c22-19-7-3-2-6-18(19)21(26)25-24-13-16-5-1-4-8-20(16)27-14-15-9-11-17(23)12-10-15/h1-13H,14H2,(H,25,26)/b24-13-. The molecular formula is C21H16BrIN2O2. The largest absolute Gasteiger partial charge is 0.488 e. The van der Waals surface area contributed by atoms with Crippen LogP contribution in [-0.4, -0.2) is 12.1 Å². The molecule has 1 amide bonds. The van der Waals surface area contributed by atoms with Crippen LogP contribution in [0.1, 0.15) is 21.5 Å². The molecule has 3 aromatic carbocycles. The van der Waals surface area contributed by atoms with Crippen molar-refractivity contribution in [2.75, 3.05) is 0 Å². The third-order valence-electron chi connectivity index (χ3n) is 3.71. The quantitative estimate of drug-likeness (QED) is 0.261. The second kappa shape index (κ2) is 9.66. The fourth-order valence-corrected chi connectivity index (χ4v) is 3.15. The van der Waals surface area contributed by atoms with Gasteiger partial charge >= 0.3 is 0 Å². The average Bonchev–Trinajstić information content (AvgIpc) is 2.68. The third kappa shape index (κ3) is 5.64. The van der Waals surface area contributed by atoms with Gasteiger partial charge in [-0.05, 0) is 80.5 Å². The van der Waals surface area contributed by atoms with Gasteiger partial charge in [0.25, 0.3) is 5.91 Å². The molecule has 0 atom stereocenters. The third-order valence-corrected chi connectivity index (χ3v) is 5.13. The van der Waals surface area contributed by atoms with Crippen LogP contribution in [0.2, 0.25) is 0 Å². The maximum atomic E-state index is 12.2. The molecule has 0 aliphatic heterocycles. The molecular weight excluding hydrogens is 519 g/mol. The van der Waals surface area contributed by atoms with E-state index >= 15 is 0 Å². The highest BCUT2D eigenvalue weighted by Crippen LogP contribution is 2.18. The molecule has 6 heteroatoms. The molecule has 0 bridgehead atoms. The number of nitrogens with zero attached hydrogens (tertiary/aromatic N) is 1. The Labute approximate surface area is 179 Å². The van der Waals surface area contributed by atoms with Crippen molar-refractivity contribution >= 4 is 50.6 Å². The van der Waals surface area contributed by atoms with Crippen LogP contribution in [0.15, 0.2) is 82.4 Å². The van der Waals surface area contributed by atoms with Crippen molar-refractivity contribution in [3.63, 3.8) is 0 Å².